The van der Waals surface area contributed by atoms with Crippen LogP contribution in [0.4, 0.5) is 21.6 Å². The zero-order valence-electron chi connectivity index (χ0n) is 36.3. The first kappa shape index (κ1) is 43.7. The lowest BCUT2D eigenvalue weighted by Gasteiger charge is -2.47. The molecule has 15 nitrogen and oxygen atoms in total. The summed E-state index contributed by atoms with van der Waals surface area (Å²) in [7, 11) is 1.52. The highest BCUT2D eigenvalue weighted by Crippen LogP contribution is 2.40. The molecule has 6 heterocycles. The molecule has 1 saturated carbocycles. The lowest BCUT2D eigenvalue weighted by molar-refractivity contribution is -0.137. The molecule has 2 aromatic carbocycles. The van der Waals surface area contributed by atoms with Crippen LogP contribution in [0.25, 0.3) is 10.9 Å². The third-order valence-corrected chi connectivity index (χ3v) is 14.0. The number of likely N-dealkylation sites (tertiary alicyclic amines) is 1. The lowest BCUT2D eigenvalue weighted by atomic mass is 9.83. The van der Waals surface area contributed by atoms with E-state index in [1.165, 1.54) is 11.9 Å². The number of nitrogens with zero attached hydrogens (tertiary/aromatic N) is 5. The average molecular weight is 897 g/mol. The van der Waals surface area contributed by atoms with E-state index in [4.69, 9.17) is 21.1 Å². The number of imide groups is 1. The number of hydrogen-bond acceptors (Lipinski definition) is 11. The van der Waals surface area contributed by atoms with Crippen molar-refractivity contribution >= 4 is 63.3 Å². The molecule has 0 bridgehead atoms. The summed E-state index contributed by atoms with van der Waals surface area (Å²) in [5, 5.41) is 9.49. The highest BCUT2D eigenvalue weighted by Gasteiger charge is 2.42. The maximum atomic E-state index is 16.0. The summed E-state index contributed by atoms with van der Waals surface area (Å²) >= 11 is 6.65. The van der Waals surface area contributed by atoms with Gasteiger partial charge < -0.3 is 39.4 Å². The van der Waals surface area contributed by atoms with Gasteiger partial charge in [0.25, 0.3) is 17.4 Å². The first-order valence-electron chi connectivity index (χ1n) is 22.4. The molecule has 0 spiro atoms. The summed E-state index contributed by atoms with van der Waals surface area (Å²) < 4.78 is 29.9. The van der Waals surface area contributed by atoms with Gasteiger partial charge in [-0.2, -0.15) is 0 Å². The van der Waals surface area contributed by atoms with Crippen LogP contribution in [0.5, 0.6) is 5.75 Å². The summed E-state index contributed by atoms with van der Waals surface area (Å²) in [6.07, 6.45) is 7.86. The Morgan fingerprint density at radius 3 is 2.45 bits per heavy atom. The Hall–Kier alpha value is -5.58. The van der Waals surface area contributed by atoms with Crippen molar-refractivity contribution in [2.24, 2.45) is 0 Å². The number of carbonyl (C=O) groups excluding carboxylic acids is 4. The molecule has 64 heavy (non-hydrogen) atoms. The van der Waals surface area contributed by atoms with E-state index in [1.807, 2.05) is 38.1 Å². The topological polar surface area (TPSA) is 167 Å². The second-order valence-electron chi connectivity index (χ2n) is 17.9. The van der Waals surface area contributed by atoms with Crippen molar-refractivity contribution in [3.63, 3.8) is 0 Å². The Kier molecular flexibility index (Phi) is 12.4. The number of hydrogen-bond donors (Lipinski definition) is 3. The molecule has 1 unspecified atom stereocenters. The second kappa shape index (κ2) is 18.1. The molecule has 5 aliphatic rings. The van der Waals surface area contributed by atoms with E-state index in [9.17, 15) is 24.0 Å². The largest absolute Gasteiger partial charge is 0.478 e. The Morgan fingerprint density at radius 2 is 1.73 bits per heavy atom. The Labute approximate surface area is 375 Å². The predicted molar refractivity (Wildman–Crippen MR) is 240 cm³/mol. The number of rotatable bonds is 12. The Morgan fingerprint density at radius 1 is 0.969 bits per heavy atom. The first-order valence-corrected chi connectivity index (χ1v) is 22.8. The number of anilines is 3. The molecular formula is C47H54ClFN8O7. The van der Waals surface area contributed by atoms with Crippen LogP contribution in [-0.2, 0) is 25.7 Å². The quantitative estimate of drug-likeness (QED) is 0.147. The fourth-order valence-electron chi connectivity index (χ4n) is 10.0. The van der Waals surface area contributed by atoms with Crippen LogP contribution in [0.1, 0.15) is 98.7 Å². The maximum absolute atomic E-state index is 16.0. The molecule has 2 aromatic heterocycles. The van der Waals surface area contributed by atoms with Gasteiger partial charge in [0.1, 0.15) is 17.7 Å². The highest BCUT2D eigenvalue weighted by molar-refractivity contribution is 6.33. The van der Waals surface area contributed by atoms with Gasteiger partial charge in [-0.25, -0.2) is 9.37 Å². The smallest absolute Gasteiger partial charge is 0.293 e. The van der Waals surface area contributed by atoms with Gasteiger partial charge in [0.05, 0.1) is 41.2 Å². The van der Waals surface area contributed by atoms with Gasteiger partial charge >= 0.3 is 0 Å². The number of ether oxygens (including phenoxy) is 2. The minimum atomic E-state index is -0.766. The maximum Gasteiger partial charge on any atom is 0.293 e. The fraction of sp³-hybridized carbons (Fsp3) is 0.489. The van der Waals surface area contributed by atoms with E-state index in [-0.39, 0.29) is 85.0 Å². The van der Waals surface area contributed by atoms with Crippen LogP contribution in [0, 0.1) is 5.82 Å². The highest BCUT2D eigenvalue weighted by atomic mass is 35.5. The van der Waals surface area contributed by atoms with E-state index in [0.717, 1.165) is 87.1 Å². The van der Waals surface area contributed by atoms with Crippen molar-refractivity contribution < 1.29 is 33.0 Å². The number of pyridine rings is 2. The molecule has 4 aromatic rings. The van der Waals surface area contributed by atoms with Gasteiger partial charge in [-0.3, -0.25) is 29.3 Å². The van der Waals surface area contributed by atoms with Crippen LogP contribution < -0.4 is 31.1 Å². The zero-order valence-corrected chi connectivity index (χ0v) is 37.1. The van der Waals surface area contributed by atoms with Gasteiger partial charge in [0.2, 0.25) is 11.8 Å². The van der Waals surface area contributed by atoms with Crippen molar-refractivity contribution in [2.45, 2.75) is 108 Å². The summed E-state index contributed by atoms with van der Waals surface area (Å²) in [6, 6.07) is 12.4. The molecule has 3 saturated heterocycles. The minimum absolute atomic E-state index is 0.0410. The number of aromatic nitrogens is 2. The summed E-state index contributed by atoms with van der Waals surface area (Å²) in [5.74, 6) is -0.895. The van der Waals surface area contributed by atoms with Gasteiger partial charge in [-0.1, -0.05) is 17.7 Å². The zero-order chi connectivity index (χ0) is 44.8. The lowest BCUT2D eigenvalue weighted by Crippen LogP contribution is -2.52. The molecule has 4 fully saturated rings. The number of carbonyl (C=O) groups is 4. The second-order valence-corrected chi connectivity index (χ2v) is 18.3. The first-order chi connectivity index (χ1) is 30.8. The standard InChI is InChI=1S/C47H54ClFN8O7/c1-26(2)57-38-7-4-29(18-28(38)19-40(47(57)62)63-25-43(59)50-3)52-37-22-41(51-23-36(37)48)55-16-12-31(13-17-55)64-32-20-30(21-32)54-14-10-27(11-15-54)33-5-6-34-35(44(33)49)24-56(46(34)61)39-8-9-42(58)53-45(39)60/h4-7,18-19,22-23,26-27,30-32,39H,8-17,20-21,24-25H2,1-3H3,(H,50,59)(H,51,52)(H,53,58,60). The molecule has 0 radical (unpaired) electrons. The fourth-order valence-corrected chi connectivity index (χ4v) is 10.2. The van der Waals surface area contributed by atoms with Crippen LogP contribution in [-0.4, -0.2) is 107 Å². The number of benzene rings is 2. The predicted octanol–water partition coefficient (Wildman–Crippen LogP) is 5.80. The van der Waals surface area contributed by atoms with Gasteiger partial charge in [0, 0.05) is 66.9 Å². The molecule has 338 valence electrons. The van der Waals surface area contributed by atoms with Gasteiger partial charge in [-0.05, 0) is 114 Å². The van der Waals surface area contributed by atoms with Crippen molar-refractivity contribution in [3.8, 4) is 5.75 Å². The number of likely N-dealkylation sites (N-methyl/N-ethyl adjacent to an activating group) is 1. The van der Waals surface area contributed by atoms with Gasteiger partial charge in [0.15, 0.2) is 12.4 Å². The van der Waals surface area contributed by atoms with Crippen molar-refractivity contribution in [1.29, 1.82) is 0 Å². The van der Waals surface area contributed by atoms with E-state index in [1.54, 1.807) is 29.0 Å². The van der Waals surface area contributed by atoms with Crippen molar-refractivity contribution in [1.82, 2.24) is 30.0 Å². The minimum Gasteiger partial charge on any atom is -0.478 e. The van der Waals surface area contributed by atoms with E-state index < -0.39 is 11.9 Å². The molecule has 17 heteroatoms. The summed E-state index contributed by atoms with van der Waals surface area (Å²) in [6.45, 7) is 6.98. The number of nitrogens with one attached hydrogen (secondary N) is 3. The van der Waals surface area contributed by atoms with Crippen LogP contribution in [0.3, 0.4) is 0 Å². The van der Waals surface area contributed by atoms with E-state index >= 15 is 4.39 Å². The van der Waals surface area contributed by atoms with Crippen LogP contribution in [0.2, 0.25) is 5.02 Å². The molecule has 4 aliphatic heterocycles. The van der Waals surface area contributed by atoms with Crippen molar-refractivity contribution in [3.05, 3.63) is 86.5 Å². The third kappa shape index (κ3) is 8.66. The number of piperidine rings is 3. The molecule has 1 atom stereocenters. The molecule has 4 amide bonds. The van der Waals surface area contributed by atoms with Crippen LogP contribution in [0.15, 0.2) is 53.5 Å². The van der Waals surface area contributed by atoms with Gasteiger partial charge in [-0.15, -0.1) is 0 Å². The third-order valence-electron chi connectivity index (χ3n) is 13.7. The number of amides is 4. The van der Waals surface area contributed by atoms with E-state index in [0.29, 0.717) is 33.4 Å². The summed E-state index contributed by atoms with van der Waals surface area (Å²) in [4.78, 5) is 73.2. The molecule has 1 aliphatic carbocycles. The number of halogens is 2. The molecule has 9 rings (SSSR count). The van der Waals surface area contributed by atoms with Crippen LogP contribution >= 0.6 is 11.6 Å². The SMILES string of the molecule is CNC(=O)COc1cc2cc(Nc3cc(N4CCC(OC5CC(N6CCC(c7ccc8c(c7F)CN(C7CCC(=O)NC7=O)C8=O)CC6)C5)CC4)ncc3Cl)ccc2n(C(C)C)c1=O. The Bertz CT molecular complexity index is 2550. The summed E-state index contributed by atoms with van der Waals surface area (Å²) in [5.41, 5.74) is 3.22. The normalized spacial score (nSPS) is 22.2. The average Bonchev–Trinajstić information content (AvgIpc) is 3.61. The number of fused-ring (bicyclic) bond motifs is 2. The van der Waals surface area contributed by atoms with Crippen molar-refractivity contribution in [2.75, 3.05) is 50.1 Å². The molecular weight excluding hydrogens is 843 g/mol. The van der Waals surface area contributed by atoms with E-state index in [2.05, 4.69) is 30.7 Å². The molecule has 3 N–H and O–H groups in total. The Balaban J connectivity index is 0.746. The monoisotopic (exact) mass is 896 g/mol.